The second-order valence-corrected chi connectivity index (χ2v) is 8.63. The molecule has 2 heterocycles. The fourth-order valence-electron chi connectivity index (χ4n) is 3.34. The van der Waals surface area contributed by atoms with Crippen LogP contribution in [0.1, 0.15) is 0 Å². The summed E-state index contributed by atoms with van der Waals surface area (Å²) in [4.78, 5) is 8.88. The van der Waals surface area contributed by atoms with Crippen LogP contribution in [0.2, 0.25) is 0 Å². The third kappa shape index (κ3) is 3.94. The minimum absolute atomic E-state index is 0.0361. The molecule has 0 aliphatic heterocycles. The summed E-state index contributed by atoms with van der Waals surface area (Å²) in [7, 11) is -3.74. The first-order chi connectivity index (χ1) is 15.5. The summed E-state index contributed by atoms with van der Waals surface area (Å²) in [5, 5.41) is 13.3. The SMILES string of the molecule is NS(=O)(=O)c1ccc(Nc2nccc(-c3ccc4noc(-c5ccccc5)c4c3)n2)cc1. The number of sulfonamides is 1. The molecule has 5 rings (SSSR count). The second-order valence-electron chi connectivity index (χ2n) is 7.07. The Morgan fingerprint density at radius 2 is 1.66 bits per heavy atom. The standard InChI is InChI=1S/C23H17N5O3S/c24-32(29,30)18-9-7-17(8-10-18)26-23-25-13-12-20(27-23)16-6-11-21-19(14-16)22(31-28-21)15-4-2-1-3-5-15/h1-14H,(H2,24,29,30)(H,25,26,27). The van der Waals surface area contributed by atoms with Crippen LogP contribution in [0, 0.1) is 0 Å². The number of aromatic nitrogens is 3. The first-order valence-electron chi connectivity index (χ1n) is 9.65. The van der Waals surface area contributed by atoms with Crippen molar-refractivity contribution < 1.29 is 12.9 Å². The summed E-state index contributed by atoms with van der Waals surface area (Å²) >= 11 is 0. The monoisotopic (exact) mass is 443 g/mol. The first-order valence-corrected chi connectivity index (χ1v) is 11.2. The minimum Gasteiger partial charge on any atom is -0.355 e. The van der Waals surface area contributed by atoms with Crippen molar-refractivity contribution in [2.75, 3.05) is 5.32 Å². The summed E-state index contributed by atoms with van der Waals surface area (Å²) < 4.78 is 28.4. The highest BCUT2D eigenvalue weighted by Crippen LogP contribution is 2.31. The molecule has 158 valence electrons. The van der Waals surface area contributed by atoms with Gasteiger partial charge >= 0.3 is 0 Å². The lowest BCUT2D eigenvalue weighted by Crippen LogP contribution is -2.11. The van der Waals surface area contributed by atoms with Crippen LogP contribution < -0.4 is 10.5 Å². The third-order valence-corrected chi connectivity index (χ3v) is 5.83. The average molecular weight is 443 g/mol. The van der Waals surface area contributed by atoms with Gasteiger partial charge in [-0.2, -0.15) is 0 Å². The van der Waals surface area contributed by atoms with E-state index in [1.165, 1.54) is 12.1 Å². The molecule has 0 aliphatic carbocycles. The van der Waals surface area contributed by atoms with Crippen molar-refractivity contribution >= 4 is 32.6 Å². The van der Waals surface area contributed by atoms with Gasteiger partial charge in [0.25, 0.3) is 0 Å². The van der Waals surface area contributed by atoms with Gasteiger partial charge in [-0.05, 0) is 42.5 Å². The van der Waals surface area contributed by atoms with Gasteiger partial charge in [-0.3, -0.25) is 0 Å². The summed E-state index contributed by atoms with van der Waals surface area (Å²) in [6, 6.07) is 23.5. The maximum atomic E-state index is 11.4. The van der Waals surface area contributed by atoms with Crippen molar-refractivity contribution in [3.8, 4) is 22.6 Å². The van der Waals surface area contributed by atoms with Crippen molar-refractivity contribution in [2.24, 2.45) is 5.14 Å². The van der Waals surface area contributed by atoms with Crippen LogP contribution in [-0.4, -0.2) is 23.5 Å². The lowest BCUT2D eigenvalue weighted by Gasteiger charge is -2.07. The Hall–Kier alpha value is -4.08. The molecule has 32 heavy (non-hydrogen) atoms. The Balaban J connectivity index is 1.46. The Morgan fingerprint density at radius 1 is 0.875 bits per heavy atom. The molecular weight excluding hydrogens is 426 g/mol. The number of nitrogens with zero attached hydrogens (tertiary/aromatic N) is 3. The highest BCUT2D eigenvalue weighted by Gasteiger charge is 2.13. The van der Waals surface area contributed by atoms with Gasteiger partial charge in [0.15, 0.2) is 5.76 Å². The lowest BCUT2D eigenvalue weighted by atomic mass is 10.0. The Labute approximate surface area is 183 Å². The number of hydrogen-bond acceptors (Lipinski definition) is 7. The summed E-state index contributed by atoms with van der Waals surface area (Å²) in [5.41, 5.74) is 3.93. The van der Waals surface area contributed by atoms with E-state index in [2.05, 4.69) is 20.4 Å². The van der Waals surface area contributed by atoms with Crippen molar-refractivity contribution in [3.63, 3.8) is 0 Å². The molecule has 0 fully saturated rings. The molecule has 8 nitrogen and oxygen atoms in total. The maximum absolute atomic E-state index is 11.4. The van der Waals surface area contributed by atoms with Gasteiger partial charge in [0.1, 0.15) is 5.52 Å². The van der Waals surface area contributed by atoms with Crippen LogP contribution in [0.4, 0.5) is 11.6 Å². The predicted molar refractivity (Wildman–Crippen MR) is 122 cm³/mol. The van der Waals surface area contributed by atoms with Crippen LogP contribution in [-0.2, 0) is 10.0 Å². The van der Waals surface area contributed by atoms with E-state index in [1.54, 1.807) is 18.3 Å². The van der Waals surface area contributed by atoms with E-state index >= 15 is 0 Å². The van der Waals surface area contributed by atoms with Crippen LogP contribution in [0.15, 0.2) is 94.5 Å². The maximum Gasteiger partial charge on any atom is 0.238 e. The highest BCUT2D eigenvalue weighted by molar-refractivity contribution is 7.89. The molecule has 3 aromatic carbocycles. The number of anilines is 2. The zero-order valence-corrected chi connectivity index (χ0v) is 17.5. The average Bonchev–Trinajstić information content (AvgIpc) is 3.23. The Morgan fingerprint density at radius 3 is 2.41 bits per heavy atom. The van der Waals surface area contributed by atoms with E-state index in [-0.39, 0.29) is 4.90 Å². The summed E-state index contributed by atoms with van der Waals surface area (Å²) in [6.45, 7) is 0. The molecule has 0 saturated carbocycles. The molecule has 0 unspecified atom stereocenters. The number of nitrogens with one attached hydrogen (secondary N) is 1. The number of benzene rings is 3. The van der Waals surface area contributed by atoms with Gasteiger partial charge in [-0.15, -0.1) is 0 Å². The topological polar surface area (TPSA) is 124 Å². The van der Waals surface area contributed by atoms with E-state index in [0.717, 1.165) is 22.0 Å². The molecule has 9 heteroatoms. The molecule has 5 aromatic rings. The van der Waals surface area contributed by atoms with E-state index in [1.807, 2.05) is 54.6 Å². The highest BCUT2D eigenvalue weighted by atomic mass is 32.2. The molecule has 2 aromatic heterocycles. The molecule has 0 atom stereocenters. The van der Waals surface area contributed by atoms with Crippen molar-refractivity contribution in [1.82, 2.24) is 15.1 Å². The van der Waals surface area contributed by atoms with Crippen LogP contribution in [0.5, 0.6) is 0 Å². The van der Waals surface area contributed by atoms with E-state index in [9.17, 15) is 8.42 Å². The van der Waals surface area contributed by atoms with Gasteiger partial charge in [0.05, 0.1) is 16.0 Å². The zero-order chi connectivity index (χ0) is 22.1. The zero-order valence-electron chi connectivity index (χ0n) is 16.6. The molecule has 0 aliphatic rings. The van der Waals surface area contributed by atoms with Gasteiger partial charge in [-0.25, -0.2) is 23.5 Å². The predicted octanol–water partition coefficient (Wildman–Crippen LogP) is 4.34. The fraction of sp³-hybridized carbons (Fsp3) is 0. The molecule has 3 N–H and O–H groups in total. The van der Waals surface area contributed by atoms with Gasteiger partial charge in [-0.1, -0.05) is 41.6 Å². The third-order valence-electron chi connectivity index (χ3n) is 4.90. The van der Waals surface area contributed by atoms with E-state index in [0.29, 0.717) is 23.1 Å². The van der Waals surface area contributed by atoms with E-state index < -0.39 is 10.0 Å². The van der Waals surface area contributed by atoms with Crippen LogP contribution in [0.25, 0.3) is 33.5 Å². The fourth-order valence-corrected chi connectivity index (χ4v) is 3.85. The van der Waals surface area contributed by atoms with Crippen molar-refractivity contribution in [1.29, 1.82) is 0 Å². The number of rotatable bonds is 5. The lowest BCUT2D eigenvalue weighted by molar-refractivity contribution is 0.441. The normalized spacial score (nSPS) is 11.5. The van der Waals surface area contributed by atoms with Crippen LogP contribution >= 0.6 is 0 Å². The van der Waals surface area contributed by atoms with E-state index in [4.69, 9.17) is 9.66 Å². The molecule has 0 bridgehead atoms. The Kier molecular flexibility index (Phi) is 4.89. The van der Waals surface area contributed by atoms with Gasteiger partial charge in [0.2, 0.25) is 16.0 Å². The van der Waals surface area contributed by atoms with Gasteiger partial charge in [0, 0.05) is 23.0 Å². The summed E-state index contributed by atoms with van der Waals surface area (Å²) in [6.07, 6.45) is 1.65. The molecule has 0 radical (unpaired) electrons. The molecule has 0 amide bonds. The Bertz CT molecular complexity index is 1510. The largest absolute Gasteiger partial charge is 0.355 e. The quantitative estimate of drug-likeness (QED) is 0.414. The number of fused-ring (bicyclic) bond motifs is 1. The molecule has 0 spiro atoms. The molecular formula is C23H17N5O3S. The number of primary sulfonamides is 1. The van der Waals surface area contributed by atoms with Gasteiger partial charge < -0.3 is 9.84 Å². The molecule has 0 saturated heterocycles. The second kappa shape index (κ2) is 7.88. The minimum atomic E-state index is -3.74. The van der Waals surface area contributed by atoms with Crippen LogP contribution in [0.3, 0.4) is 0 Å². The number of nitrogens with two attached hydrogens (primary N) is 1. The smallest absolute Gasteiger partial charge is 0.238 e. The van der Waals surface area contributed by atoms with Crippen molar-refractivity contribution in [2.45, 2.75) is 4.90 Å². The number of hydrogen-bond donors (Lipinski definition) is 2. The first kappa shape index (κ1) is 19.9. The van der Waals surface area contributed by atoms with Crippen molar-refractivity contribution in [3.05, 3.63) is 85.1 Å². The summed E-state index contributed by atoms with van der Waals surface area (Å²) in [5.74, 6) is 1.07.